The Labute approximate surface area is 113 Å². The predicted molar refractivity (Wildman–Crippen MR) is 67.1 cm³/mol. The summed E-state index contributed by atoms with van der Waals surface area (Å²) in [5, 5.41) is 8.64. The third-order valence-electron chi connectivity index (χ3n) is 1.19. The van der Waals surface area contributed by atoms with E-state index in [0.29, 0.717) is 0 Å². The number of hydrogen-bond acceptors (Lipinski definition) is 4. The Morgan fingerprint density at radius 2 is 2.00 bits per heavy atom. The van der Waals surface area contributed by atoms with Gasteiger partial charge in [-0.3, -0.25) is 0 Å². The molecule has 1 aromatic heterocycles. The van der Waals surface area contributed by atoms with Crippen molar-refractivity contribution in [3.63, 3.8) is 0 Å². The molecular weight excluding hydrogens is 290 g/mol. The van der Waals surface area contributed by atoms with Gasteiger partial charge in [0, 0.05) is 0 Å². The van der Waals surface area contributed by atoms with Crippen molar-refractivity contribution in [2.75, 3.05) is 13.2 Å². The highest BCUT2D eigenvalue weighted by molar-refractivity contribution is 6.42. The van der Waals surface area contributed by atoms with Crippen LogP contribution in [0.3, 0.4) is 0 Å². The van der Waals surface area contributed by atoms with Crippen molar-refractivity contribution in [1.82, 2.24) is 4.98 Å². The summed E-state index contributed by atoms with van der Waals surface area (Å²) in [4.78, 5) is 13.8. The molecule has 96 valence electrons. The van der Waals surface area contributed by atoms with Gasteiger partial charge in [-0.05, 0) is 12.6 Å². The van der Waals surface area contributed by atoms with E-state index in [2.05, 4.69) is 4.98 Å². The van der Waals surface area contributed by atoms with Crippen molar-refractivity contribution in [3.05, 3.63) is 21.3 Å². The Hall–Kier alpha value is -0.750. The van der Waals surface area contributed by atoms with Gasteiger partial charge in [-0.25, -0.2) is 4.79 Å². The lowest BCUT2D eigenvalue weighted by atomic mass is 10.5. The average Bonchev–Trinajstić information content (AvgIpc) is 2.22. The molecule has 1 rings (SSSR count). The summed E-state index contributed by atoms with van der Waals surface area (Å²) in [5.41, 5.74) is 4.85. The number of nitrogens with zero attached hydrogens (tertiary/aromatic N) is 1. The van der Waals surface area contributed by atoms with Gasteiger partial charge in [-0.1, -0.05) is 41.7 Å². The number of pyridine rings is 1. The van der Waals surface area contributed by atoms with E-state index >= 15 is 0 Å². The monoisotopic (exact) mass is 300 g/mol. The first kappa shape index (κ1) is 16.2. The molecule has 0 aliphatic rings. The van der Waals surface area contributed by atoms with E-state index in [9.17, 15) is 4.79 Å². The molecule has 0 amide bonds. The van der Waals surface area contributed by atoms with Gasteiger partial charge in [0.15, 0.2) is 11.8 Å². The first-order valence-corrected chi connectivity index (χ1v) is 5.61. The van der Waals surface area contributed by atoms with Crippen molar-refractivity contribution < 1.29 is 14.6 Å². The number of nitrogens with two attached hydrogens (primary N) is 1. The molecule has 0 fully saturated rings. The van der Waals surface area contributed by atoms with Gasteiger partial charge >= 0.3 is 5.97 Å². The second kappa shape index (κ2) is 8.36. The minimum Gasteiger partial charge on any atom is -0.479 e. The number of hydrogen-bond donors (Lipinski definition) is 2. The smallest absolute Gasteiger partial charge is 0.341 e. The van der Waals surface area contributed by atoms with Crippen LogP contribution in [0.15, 0.2) is 6.07 Å². The van der Waals surface area contributed by atoms with Crippen molar-refractivity contribution in [2.24, 2.45) is 5.73 Å². The first-order chi connectivity index (χ1) is 7.92. The molecular formula is C9H11Cl3N2O3. The largest absolute Gasteiger partial charge is 0.479 e. The van der Waals surface area contributed by atoms with Crippen LogP contribution in [-0.4, -0.2) is 29.2 Å². The molecule has 0 saturated carbocycles. The molecule has 1 aromatic rings. The molecule has 0 unspecified atom stereocenters. The number of aliphatic carboxylic acids is 1. The quantitative estimate of drug-likeness (QED) is 0.838. The highest BCUT2D eigenvalue weighted by atomic mass is 35.5. The highest BCUT2D eigenvalue weighted by Gasteiger charge is 2.10. The van der Waals surface area contributed by atoms with Gasteiger partial charge in [-0.2, -0.15) is 4.98 Å². The third kappa shape index (κ3) is 6.53. The lowest BCUT2D eigenvalue weighted by molar-refractivity contribution is -0.139. The lowest BCUT2D eigenvalue weighted by Gasteiger charge is -2.05. The summed E-state index contributed by atoms with van der Waals surface area (Å²) in [6, 6.07) is 1.33. The Balaban J connectivity index is 0.000000770. The lowest BCUT2D eigenvalue weighted by Crippen LogP contribution is -2.10. The number of aromatic nitrogens is 1. The predicted octanol–water partition coefficient (Wildman–Crippen LogP) is 2.47. The van der Waals surface area contributed by atoms with E-state index in [1.165, 1.54) is 6.07 Å². The van der Waals surface area contributed by atoms with Crippen molar-refractivity contribution in [2.45, 2.75) is 6.92 Å². The van der Waals surface area contributed by atoms with E-state index in [1.54, 1.807) is 0 Å². The average molecular weight is 302 g/mol. The van der Waals surface area contributed by atoms with Crippen molar-refractivity contribution >= 4 is 40.8 Å². The van der Waals surface area contributed by atoms with E-state index in [0.717, 1.165) is 6.54 Å². The normalized spacial score (nSPS) is 9.24. The van der Waals surface area contributed by atoms with Crippen LogP contribution >= 0.6 is 34.8 Å². The molecule has 0 atom stereocenters. The molecule has 0 aliphatic heterocycles. The second-order valence-electron chi connectivity index (χ2n) is 2.64. The Bertz CT molecular complexity index is 388. The van der Waals surface area contributed by atoms with E-state index < -0.39 is 12.6 Å². The van der Waals surface area contributed by atoms with Gasteiger partial charge in [0.1, 0.15) is 5.02 Å². The summed E-state index contributed by atoms with van der Waals surface area (Å²) < 4.78 is 4.75. The summed E-state index contributed by atoms with van der Waals surface area (Å²) in [6.45, 7) is 2.12. The molecule has 0 radical (unpaired) electrons. The molecule has 0 bridgehead atoms. The summed E-state index contributed by atoms with van der Waals surface area (Å²) in [5.74, 6) is -1.18. The maximum Gasteiger partial charge on any atom is 0.341 e. The maximum atomic E-state index is 10.2. The second-order valence-corrected chi connectivity index (χ2v) is 3.81. The number of carbonyl (C=O) groups is 1. The molecule has 0 aromatic carbocycles. The zero-order valence-electron chi connectivity index (χ0n) is 8.91. The van der Waals surface area contributed by atoms with Crippen LogP contribution in [0.5, 0.6) is 5.88 Å². The minimum absolute atomic E-state index is 0.0106. The number of rotatable bonds is 3. The molecule has 3 N–H and O–H groups in total. The summed E-state index contributed by atoms with van der Waals surface area (Å²) in [7, 11) is 0. The van der Waals surface area contributed by atoms with Gasteiger partial charge in [0.05, 0.1) is 5.02 Å². The molecule has 8 heteroatoms. The number of carboxylic acids is 1. The van der Waals surface area contributed by atoms with Crippen LogP contribution in [0, 0.1) is 0 Å². The van der Waals surface area contributed by atoms with Crippen LogP contribution < -0.4 is 10.5 Å². The zero-order chi connectivity index (χ0) is 13.4. The number of ether oxygens (including phenoxy) is 1. The summed E-state index contributed by atoms with van der Waals surface area (Å²) >= 11 is 16.8. The third-order valence-corrected chi connectivity index (χ3v) is 2.13. The van der Waals surface area contributed by atoms with Gasteiger partial charge in [0.25, 0.3) is 0 Å². The highest BCUT2D eigenvalue weighted by Crippen LogP contribution is 2.30. The van der Waals surface area contributed by atoms with Gasteiger partial charge < -0.3 is 15.6 Å². The fourth-order valence-corrected chi connectivity index (χ4v) is 1.20. The zero-order valence-corrected chi connectivity index (χ0v) is 11.2. The summed E-state index contributed by atoms with van der Waals surface area (Å²) in [6.07, 6.45) is 0. The SMILES string of the molecule is CCN.O=C(O)COc1nc(Cl)c(Cl)cc1Cl. The van der Waals surface area contributed by atoms with E-state index in [1.807, 2.05) is 6.92 Å². The van der Waals surface area contributed by atoms with Crippen molar-refractivity contribution in [3.8, 4) is 5.88 Å². The van der Waals surface area contributed by atoms with Crippen LogP contribution in [0.25, 0.3) is 0 Å². The number of carboxylic acid groups (broad SMARTS) is 1. The number of halogens is 3. The molecule has 0 aliphatic carbocycles. The van der Waals surface area contributed by atoms with Crippen LogP contribution in [0.4, 0.5) is 0 Å². The standard InChI is InChI=1S/C7H4Cl3NO3.C2H7N/c8-3-1-4(9)7(11-6(3)10)14-2-5(12)13;1-2-3/h1H,2H2,(H,12,13);2-3H2,1H3. The molecule has 5 nitrogen and oxygen atoms in total. The molecule has 0 saturated heterocycles. The Kier molecular flexibility index (Phi) is 7.99. The van der Waals surface area contributed by atoms with Crippen LogP contribution in [-0.2, 0) is 4.79 Å². The van der Waals surface area contributed by atoms with Gasteiger partial charge in [-0.15, -0.1) is 0 Å². The van der Waals surface area contributed by atoms with Crippen molar-refractivity contribution in [1.29, 1.82) is 0 Å². The minimum atomic E-state index is -1.13. The molecule has 1 heterocycles. The first-order valence-electron chi connectivity index (χ1n) is 4.48. The Morgan fingerprint density at radius 1 is 1.47 bits per heavy atom. The molecule has 0 spiro atoms. The van der Waals surface area contributed by atoms with Crippen LogP contribution in [0.1, 0.15) is 6.92 Å². The van der Waals surface area contributed by atoms with E-state index in [-0.39, 0.29) is 21.1 Å². The Morgan fingerprint density at radius 3 is 2.47 bits per heavy atom. The fourth-order valence-electron chi connectivity index (χ4n) is 0.660. The molecule has 17 heavy (non-hydrogen) atoms. The fraction of sp³-hybridized carbons (Fsp3) is 0.333. The van der Waals surface area contributed by atoms with E-state index in [4.69, 9.17) is 50.4 Å². The topological polar surface area (TPSA) is 85.4 Å². The maximum absolute atomic E-state index is 10.2. The van der Waals surface area contributed by atoms with Gasteiger partial charge in [0.2, 0.25) is 5.88 Å². The van der Waals surface area contributed by atoms with Crippen LogP contribution in [0.2, 0.25) is 15.2 Å².